The molecule has 4 nitrogen and oxygen atoms in total. The van der Waals surface area contributed by atoms with Gasteiger partial charge in [-0.3, -0.25) is 4.57 Å². The Hall–Kier alpha value is -5.35. The van der Waals surface area contributed by atoms with Crippen molar-refractivity contribution in [2.45, 2.75) is 20.8 Å². The van der Waals surface area contributed by atoms with Crippen LogP contribution in [0, 0.1) is 20.8 Å². The average Bonchev–Trinajstić information content (AvgIpc) is 3.64. The van der Waals surface area contributed by atoms with Crippen LogP contribution in [-0.4, -0.2) is 14.1 Å². The molecule has 0 fully saturated rings. The topological polar surface area (TPSA) is 35.9 Å². The molecule has 9 rings (SSSR count). The highest BCUT2D eigenvalue weighted by molar-refractivity contribution is 6.13. The molecule has 0 aliphatic heterocycles. The lowest BCUT2D eigenvalue weighted by Gasteiger charge is -2.09. The Morgan fingerprint density at radius 2 is 1.10 bits per heavy atom. The van der Waals surface area contributed by atoms with Crippen molar-refractivity contribution in [3.05, 3.63) is 126 Å². The van der Waals surface area contributed by atoms with E-state index in [0.29, 0.717) is 0 Å². The lowest BCUT2D eigenvalue weighted by Crippen LogP contribution is -1.99. The minimum absolute atomic E-state index is 0.800. The van der Waals surface area contributed by atoms with Crippen molar-refractivity contribution in [3.63, 3.8) is 0 Å². The fraction of sp³-hybridized carbons (Fsp3) is 0.0789. The van der Waals surface area contributed by atoms with Crippen LogP contribution in [0.1, 0.15) is 16.8 Å². The summed E-state index contributed by atoms with van der Waals surface area (Å²) < 4.78 is 11.3. The number of hydrogen-bond donors (Lipinski definition) is 0. The molecule has 9 aromatic rings. The molecule has 0 N–H and O–H groups in total. The van der Waals surface area contributed by atoms with Gasteiger partial charge in [0.25, 0.3) is 0 Å². The van der Waals surface area contributed by atoms with Crippen molar-refractivity contribution in [3.8, 4) is 11.5 Å². The van der Waals surface area contributed by atoms with Crippen LogP contribution in [0.25, 0.3) is 77.1 Å². The summed E-state index contributed by atoms with van der Waals surface area (Å²) in [6.07, 6.45) is 0. The Morgan fingerprint density at radius 3 is 1.79 bits per heavy atom. The molecule has 0 saturated carbocycles. The lowest BCUT2D eigenvalue weighted by molar-refractivity contribution is 0.663. The highest BCUT2D eigenvalue weighted by Gasteiger charge is 2.20. The molecule has 0 aliphatic rings. The number of para-hydroxylation sites is 2. The van der Waals surface area contributed by atoms with Crippen LogP contribution in [0.3, 0.4) is 0 Å². The molecule has 4 aromatic heterocycles. The minimum atomic E-state index is 0.800. The summed E-state index contributed by atoms with van der Waals surface area (Å²) in [5, 5.41) is 7.13. The fourth-order valence-electron chi connectivity index (χ4n) is 6.84. The van der Waals surface area contributed by atoms with Gasteiger partial charge in [0, 0.05) is 43.7 Å². The predicted octanol–water partition coefficient (Wildman–Crippen LogP) is 10.1. The van der Waals surface area contributed by atoms with Crippen LogP contribution < -0.4 is 0 Å². The standard InChI is InChI=1S/C38H27N3O/c1-22-12-15-34-28(18-22)26-8-4-6-10-32(26)40(34)25-14-17-36-30(21-25)31-20-24(3)39-38(37(31)42-36)41-33-11-7-5-9-27(33)29-19-23(2)13-16-35(29)41/h4-21H,1-3H3. The molecule has 0 saturated heterocycles. The van der Waals surface area contributed by atoms with Crippen molar-refractivity contribution < 1.29 is 4.42 Å². The molecule has 0 amide bonds. The van der Waals surface area contributed by atoms with Gasteiger partial charge in [0.1, 0.15) is 5.58 Å². The van der Waals surface area contributed by atoms with Crippen molar-refractivity contribution >= 4 is 65.6 Å². The summed E-state index contributed by atoms with van der Waals surface area (Å²) in [5.41, 5.74) is 10.9. The van der Waals surface area contributed by atoms with Gasteiger partial charge in [0.2, 0.25) is 0 Å². The summed E-state index contributed by atoms with van der Waals surface area (Å²) in [5.74, 6) is 0.824. The Kier molecular flexibility index (Phi) is 4.64. The Morgan fingerprint density at radius 1 is 0.500 bits per heavy atom. The molecule has 0 spiro atoms. The summed E-state index contributed by atoms with van der Waals surface area (Å²) in [6, 6.07) is 39.3. The highest BCUT2D eigenvalue weighted by atomic mass is 16.3. The zero-order valence-electron chi connectivity index (χ0n) is 23.6. The predicted molar refractivity (Wildman–Crippen MR) is 174 cm³/mol. The number of aryl methyl sites for hydroxylation is 3. The van der Waals surface area contributed by atoms with E-state index >= 15 is 0 Å². The first-order valence-corrected chi connectivity index (χ1v) is 14.4. The van der Waals surface area contributed by atoms with Gasteiger partial charge in [-0.2, -0.15) is 0 Å². The van der Waals surface area contributed by atoms with Crippen LogP contribution in [-0.2, 0) is 0 Å². The zero-order valence-corrected chi connectivity index (χ0v) is 23.6. The normalized spacial score (nSPS) is 12.2. The van der Waals surface area contributed by atoms with E-state index < -0.39 is 0 Å². The molecule has 0 bridgehead atoms. The first-order valence-electron chi connectivity index (χ1n) is 14.4. The van der Waals surface area contributed by atoms with Crippen molar-refractivity contribution in [2.24, 2.45) is 0 Å². The van der Waals surface area contributed by atoms with Gasteiger partial charge >= 0.3 is 0 Å². The Balaban J connectivity index is 1.35. The third-order valence-corrected chi connectivity index (χ3v) is 8.67. The smallest absolute Gasteiger partial charge is 0.182 e. The molecule has 0 atom stereocenters. The third-order valence-electron chi connectivity index (χ3n) is 8.67. The number of nitrogens with zero attached hydrogens (tertiary/aromatic N) is 3. The number of aromatic nitrogens is 3. The van der Waals surface area contributed by atoms with E-state index in [1.165, 1.54) is 43.7 Å². The van der Waals surface area contributed by atoms with E-state index in [2.05, 4.69) is 139 Å². The van der Waals surface area contributed by atoms with E-state index in [9.17, 15) is 0 Å². The van der Waals surface area contributed by atoms with Crippen molar-refractivity contribution in [1.29, 1.82) is 0 Å². The second-order valence-electron chi connectivity index (χ2n) is 11.5. The van der Waals surface area contributed by atoms with Crippen LogP contribution in [0.4, 0.5) is 0 Å². The Bertz CT molecular complexity index is 2560. The molecule has 5 aromatic carbocycles. The van der Waals surface area contributed by atoms with Crippen molar-refractivity contribution in [2.75, 3.05) is 0 Å². The number of pyridine rings is 1. The number of fused-ring (bicyclic) bond motifs is 9. The molecule has 0 radical (unpaired) electrons. The molecular formula is C38H27N3O. The lowest BCUT2D eigenvalue weighted by atomic mass is 10.1. The van der Waals surface area contributed by atoms with Gasteiger partial charge in [-0.1, -0.05) is 59.7 Å². The van der Waals surface area contributed by atoms with E-state index in [1.807, 2.05) is 0 Å². The van der Waals surface area contributed by atoms with Crippen LogP contribution >= 0.6 is 0 Å². The first kappa shape index (κ1) is 23.4. The van der Waals surface area contributed by atoms with Gasteiger partial charge in [0.15, 0.2) is 11.4 Å². The molecule has 4 heteroatoms. The largest absolute Gasteiger partial charge is 0.452 e. The van der Waals surface area contributed by atoms with Gasteiger partial charge < -0.3 is 8.98 Å². The Labute approximate surface area is 242 Å². The second kappa shape index (κ2) is 8.34. The number of rotatable bonds is 2. The monoisotopic (exact) mass is 541 g/mol. The van der Waals surface area contributed by atoms with E-state index in [0.717, 1.165) is 50.2 Å². The summed E-state index contributed by atoms with van der Waals surface area (Å²) >= 11 is 0. The molecule has 0 aliphatic carbocycles. The second-order valence-corrected chi connectivity index (χ2v) is 11.5. The van der Waals surface area contributed by atoms with Gasteiger partial charge in [-0.15, -0.1) is 0 Å². The van der Waals surface area contributed by atoms with Crippen LogP contribution in [0.2, 0.25) is 0 Å². The fourth-order valence-corrected chi connectivity index (χ4v) is 6.84. The maximum absolute atomic E-state index is 6.65. The van der Waals surface area contributed by atoms with E-state index in [1.54, 1.807) is 0 Å². The summed E-state index contributed by atoms with van der Waals surface area (Å²) in [7, 11) is 0. The maximum atomic E-state index is 6.65. The zero-order chi connectivity index (χ0) is 28.1. The molecule has 4 heterocycles. The third kappa shape index (κ3) is 3.15. The SMILES string of the molecule is Cc1ccc2c(c1)c1ccccc1n2-c1ccc2oc3c(-n4c5ccccc5c5cc(C)ccc54)nc(C)cc3c2c1. The maximum Gasteiger partial charge on any atom is 0.182 e. The van der Waals surface area contributed by atoms with E-state index in [-0.39, 0.29) is 0 Å². The van der Waals surface area contributed by atoms with Gasteiger partial charge in [-0.05, 0) is 81.4 Å². The molecule has 200 valence electrons. The first-order chi connectivity index (χ1) is 20.5. The summed E-state index contributed by atoms with van der Waals surface area (Å²) in [6.45, 7) is 6.37. The van der Waals surface area contributed by atoms with Gasteiger partial charge in [-0.25, -0.2) is 4.98 Å². The van der Waals surface area contributed by atoms with Crippen LogP contribution in [0.5, 0.6) is 0 Å². The quantitative estimate of drug-likeness (QED) is 0.218. The number of hydrogen-bond acceptors (Lipinski definition) is 2. The molecule has 0 unspecified atom stereocenters. The average molecular weight is 542 g/mol. The van der Waals surface area contributed by atoms with Crippen LogP contribution in [0.15, 0.2) is 114 Å². The minimum Gasteiger partial charge on any atom is -0.452 e. The molecule has 42 heavy (non-hydrogen) atoms. The summed E-state index contributed by atoms with van der Waals surface area (Å²) in [4.78, 5) is 5.09. The number of furan rings is 1. The number of benzene rings is 5. The molecular weight excluding hydrogens is 514 g/mol. The highest BCUT2D eigenvalue weighted by Crippen LogP contribution is 2.39. The van der Waals surface area contributed by atoms with E-state index in [4.69, 9.17) is 9.40 Å². The van der Waals surface area contributed by atoms with Gasteiger partial charge in [0.05, 0.1) is 22.1 Å². The van der Waals surface area contributed by atoms with Crippen molar-refractivity contribution in [1.82, 2.24) is 14.1 Å².